The summed E-state index contributed by atoms with van der Waals surface area (Å²) in [5.41, 5.74) is 2.02. The maximum atomic E-state index is 13.4. The molecule has 2 heterocycles. The van der Waals surface area contributed by atoms with Crippen molar-refractivity contribution in [3.63, 3.8) is 0 Å². The number of hydrogen-bond acceptors (Lipinski definition) is 4. The van der Waals surface area contributed by atoms with Crippen molar-refractivity contribution < 1.29 is 9.59 Å². The van der Waals surface area contributed by atoms with Crippen LogP contribution in [0.5, 0.6) is 0 Å². The smallest absolute Gasteiger partial charge is 0.194 e. The van der Waals surface area contributed by atoms with E-state index in [2.05, 4.69) is 47.2 Å². The number of carbonyl (C=O) groups excluding carboxylic acids is 2. The van der Waals surface area contributed by atoms with Crippen LogP contribution in [0.1, 0.15) is 31.8 Å². The Morgan fingerprint density at radius 3 is 1.20 bits per heavy atom. The van der Waals surface area contributed by atoms with Gasteiger partial charge in [0.1, 0.15) is 0 Å². The summed E-state index contributed by atoms with van der Waals surface area (Å²) in [5, 5.41) is 10.4. The zero-order chi connectivity index (χ0) is 20.0. The Morgan fingerprint density at radius 2 is 0.800 bits per heavy atom. The third-order valence-electron chi connectivity index (χ3n) is 6.07. The van der Waals surface area contributed by atoms with Gasteiger partial charge in [0.2, 0.25) is 0 Å². The summed E-state index contributed by atoms with van der Waals surface area (Å²) < 4.78 is 2.37. The fourth-order valence-electron chi connectivity index (χ4n) is 4.56. The molecule has 0 spiro atoms. The van der Waals surface area contributed by atoms with Crippen molar-refractivity contribution >= 4 is 76.0 Å². The summed E-state index contributed by atoms with van der Waals surface area (Å²) in [5.74, 6) is -0.139. The number of fused-ring (bicyclic) bond motifs is 6. The van der Waals surface area contributed by atoms with Gasteiger partial charge >= 0.3 is 0 Å². The Bertz CT molecular complexity index is 1480. The number of carbonyl (C=O) groups is 2. The molecule has 1 aliphatic rings. The molecule has 2 aromatic heterocycles. The molecule has 0 saturated carbocycles. The Kier molecular flexibility index (Phi) is 3.09. The first kappa shape index (κ1) is 16.5. The molecular weight excluding hydrogens is 408 g/mol. The number of hydrogen-bond donors (Lipinski definition) is 0. The van der Waals surface area contributed by atoms with Crippen LogP contribution in [0.25, 0.3) is 41.7 Å². The predicted molar refractivity (Wildman–Crippen MR) is 126 cm³/mol. The number of rotatable bonds is 0. The molecule has 0 amide bonds. The fourth-order valence-corrected chi connectivity index (χ4v) is 6.20. The second kappa shape index (κ2) is 5.63. The standard InChI is InChI=1S/C26H12O2S2/c27-25-19-7-15-5-13-1-3-29-23(13)11-17(15)9-21(19)26(28)20-8-16-6-14-2-4-30-24(14)12-18(16)10-22(20)25/h1-12H. The van der Waals surface area contributed by atoms with Crippen molar-refractivity contribution in [2.45, 2.75) is 0 Å². The summed E-state index contributed by atoms with van der Waals surface area (Å²) in [7, 11) is 0. The lowest BCUT2D eigenvalue weighted by Crippen LogP contribution is -2.20. The molecule has 1 aliphatic carbocycles. The van der Waals surface area contributed by atoms with E-state index in [0.717, 1.165) is 32.3 Å². The van der Waals surface area contributed by atoms with Crippen molar-refractivity contribution in [2.24, 2.45) is 0 Å². The second-order valence-electron chi connectivity index (χ2n) is 7.77. The van der Waals surface area contributed by atoms with E-state index in [9.17, 15) is 9.59 Å². The van der Waals surface area contributed by atoms with E-state index < -0.39 is 0 Å². The van der Waals surface area contributed by atoms with Gasteiger partial charge in [-0.15, -0.1) is 22.7 Å². The van der Waals surface area contributed by atoms with E-state index in [-0.39, 0.29) is 11.6 Å². The first-order valence-electron chi connectivity index (χ1n) is 9.65. The van der Waals surface area contributed by atoms with Gasteiger partial charge < -0.3 is 0 Å². The van der Waals surface area contributed by atoms with Crippen LogP contribution in [0.4, 0.5) is 0 Å². The van der Waals surface area contributed by atoms with Crippen molar-refractivity contribution in [1.29, 1.82) is 0 Å². The molecule has 0 fully saturated rings. The fraction of sp³-hybridized carbons (Fsp3) is 0. The minimum atomic E-state index is -0.0694. The minimum absolute atomic E-state index is 0.0694. The molecule has 2 nitrogen and oxygen atoms in total. The van der Waals surface area contributed by atoms with E-state index in [1.807, 2.05) is 24.3 Å². The summed E-state index contributed by atoms with van der Waals surface area (Å²) in [6.45, 7) is 0. The zero-order valence-corrected chi connectivity index (χ0v) is 17.2. The molecule has 0 radical (unpaired) electrons. The first-order chi connectivity index (χ1) is 14.7. The maximum absolute atomic E-state index is 13.4. The lowest BCUT2D eigenvalue weighted by molar-refractivity contribution is 0.0979. The Morgan fingerprint density at radius 1 is 0.433 bits per heavy atom. The highest BCUT2D eigenvalue weighted by Crippen LogP contribution is 2.36. The van der Waals surface area contributed by atoms with Gasteiger partial charge in [-0.3, -0.25) is 9.59 Å². The molecule has 0 atom stereocenters. The molecule has 0 aliphatic heterocycles. The highest BCUT2D eigenvalue weighted by Gasteiger charge is 2.30. The van der Waals surface area contributed by atoms with Crippen LogP contribution < -0.4 is 0 Å². The Hall–Kier alpha value is -3.34. The van der Waals surface area contributed by atoms with Crippen LogP contribution >= 0.6 is 22.7 Å². The third-order valence-corrected chi connectivity index (χ3v) is 7.83. The highest BCUT2D eigenvalue weighted by molar-refractivity contribution is 7.17. The second-order valence-corrected chi connectivity index (χ2v) is 9.66. The van der Waals surface area contributed by atoms with Gasteiger partial charge in [0.15, 0.2) is 11.6 Å². The molecule has 7 rings (SSSR count). The average molecular weight is 421 g/mol. The van der Waals surface area contributed by atoms with E-state index >= 15 is 0 Å². The van der Waals surface area contributed by atoms with Crippen LogP contribution in [-0.2, 0) is 0 Å². The predicted octanol–water partition coefficient (Wildman–Crippen LogP) is 7.20. The minimum Gasteiger partial charge on any atom is -0.289 e. The van der Waals surface area contributed by atoms with Crippen LogP contribution in [0.3, 0.4) is 0 Å². The highest BCUT2D eigenvalue weighted by atomic mass is 32.1. The number of ketones is 2. The van der Waals surface area contributed by atoms with E-state index in [1.165, 1.54) is 9.40 Å². The largest absolute Gasteiger partial charge is 0.289 e. The van der Waals surface area contributed by atoms with E-state index in [1.54, 1.807) is 22.7 Å². The quantitative estimate of drug-likeness (QED) is 0.260. The van der Waals surface area contributed by atoms with Crippen molar-refractivity contribution in [3.05, 3.63) is 93.7 Å². The maximum Gasteiger partial charge on any atom is 0.194 e. The zero-order valence-electron chi connectivity index (χ0n) is 15.6. The first-order valence-corrected chi connectivity index (χ1v) is 11.4. The third kappa shape index (κ3) is 2.12. The molecule has 4 aromatic carbocycles. The van der Waals surface area contributed by atoms with Crippen molar-refractivity contribution in [1.82, 2.24) is 0 Å². The molecule has 4 heteroatoms. The van der Waals surface area contributed by atoms with Gasteiger partial charge in [0, 0.05) is 31.7 Å². The van der Waals surface area contributed by atoms with Crippen LogP contribution in [0.2, 0.25) is 0 Å². The van der Waals surface area contributed by atoms with Crippen molar-refractivity contribution in [3.8, 4) is 0 Å². The molecule has 0 saturated heterocycles. The molecule has 30 heavy (non-hydrogen) atoms. The lowest BCUT2D eigenvalue weighted by Gasteiger charge is -2.19. The molecule has 6 aromatic rings. The topological polar surface area (TPSA) is 34.1 Å². The average Bonchev–Trinajstić information content (AvgIpc) is 3.40. The summed E-state index contributed by atoms with van der Waals surface area (Å²) in [4.78, 5) is 26.8. The number of thiophene rings is 2. The van der Waals surface area contributed by atoms with Crippen LogP contribution in [0.15, 0.2) is 71.4 Å². The van der Waals surface area contributed by atoms with Gasteiger partial charge in [0.05, 0.1) is 0 Å². The molecule has 0 unspecified atom stereocenters. The van der Waals surface area contributed by atoms with Gasteiger partial charge in [-0.25, -0.2) is 0 Å². The van der Waals surface area contributed by atoms with Crippen LogP contribution in [-0.4, -0.2) is 11.6 Å². The van der Waals surface area contributed by atoms with Crippen molar-refractivity contribution in [2.75, 3.05) is 0 Å². The summed E-state index contributed by atoms with van der Waals surface area (Å²) in [6.07, 6.45) is 0. The Labute approximate surface area is 179 Å². The number of benzene rings is 4. The van der Waals surface area contributed by atoms with Gasteiger partial charge in [-0.2, -0.15) is 0 Å². The van der Waals surface area contributed by atoms with E-state index in [4.69, 9.17) is 0 Å². The SMILES string of the molecule is O=C1c2cc3cc4ccsc4cc3cc2C(=O)c2cc3cc4ccsc4cc3cc21. The lowest BCUT2D eigenvalue weighted by atomic mass is 9.81. The Balaban J connectivity index is 1.52. The summed E-state index contributed by atoms with van der Waals surface area (Å²) in [6, 6.07) is 20.1. The van der Waals surface area contributed by atoms with Gasteiger partial charge in [-0.05, 0) is 104 Å². The molecular formula is C26H12O2S2. The van der Waals surface area contributed by atoms with E-state index in [0.29, 0.717) is 22.3 Å². The van der Waals surface area contributed by atoms with Gasteiger partial charge in [0.25, 0.3) is 0 Å². The monoisotopic (exact) mass is 420 g/mol. The van der Waals surface area contributed by atoms with Gasteiger partial charge in [-0.1, -0.05) is 0 Å². The molecule has 0 N–H and O–H groups in total. The normalized spacial score (nSPS) is 13.5. The summed E-state index contributed by atoms with van der Waals surface area (Å²) >= 11 is 3.36. The molecule has 140 valence electrons. The molecule has 0 bridgehead atoms. The van der Waals surface area contributed by atoms with Crippen LogP contribution in [0, 0.1) is 0 Å².